The Morgan fingerprint density at radius 3 is 2.72 bits per heavy atom. The monoisotopic (exact) mass is 270 g/mol. The first-order chi connectivity index (χ1) is 8.45. The van der Waals surface area contributed by atoms with Gasteiger partial charge in [0.1, 0.15) is 11.6 Å². The van der Waals surface area contributed by atoms with Gasteiger partial charge in [0.15, 0.2) is 5.78 Å². The molecule has 0 aliphatic carbocycles. The molecule has 1 aromatic rings. The number of carbonyl (C=O) groups excluding carboxylic acids is 1. The van der Waals surface area contributed by atoms with Crippen LogP contribution in [0.15, 0.2) is 12.1 Å². The molecule has 4 heteroatoms. The zero-order valence-electron chi connectivity index (χ0n) is 11.0. The van der Waals surface area contributed by atoms with E-state index in [2.05, 4.69) is 13.8 Å². The summed E-state index contributed by atoms with van der Waals surface area (Å²) in [5.74, 6) is 1.20. The second-order valence-corrected chi connectivity index (χ2v) is 5.58. The summed E-state index contributed by atoms with van der Waals surface area (Å²) in [6, 6.07) is 2.38. The maximum atomic E-state index is 13.3. The molecule has 18 heavy (non-hydrogen) atoms. The molecule has 1 atom stereocenters. The van der Waals surface area contributed by atoms with Gasteiger partial charge in [0.2, 0.25) is 0 Å². The summed E-state index contributed by atoms with van der Waals surface area (Å²) in [4.78, 5) is 11.3. The number of hydrogen-bond acceptors (Lipinski definition) is 3. The van der Waals surface area contributed by atoms with Gasteiger partial charge in [0.05, 0.1) is 5.56 Å². The minimum Gasteiger partial charge on any atom is -0.507 e. The van der Waals surface area contributed by atoms with Crippen LogP contribution in [-0.2, 0) is 5.75 Å². The van der Waals surface area contributed by atoms with E-state index in [1.807, 2.05) is 0 Å². The first-order valence-corrected chi connectivity index (χ1v) is 7.21. The Balaban J connectivity index is 2.79. The molecule has 0 radical (unpaired) electrons. The molecule has 0 aliphatic heterocycles. The topological polar surface area (TPSA) is 37.3 Å². The van der Waals surface area contributed by atoms with Crippen LogP contribution in [0.4, 0.5) is 4.39 Å². The normalized spacial score (nSPS) is 12.4. The lowest BCUT2D eigenvalue weighted by Crippen LogP contribution is -1.99. The van der Waals surface area contributed by atoms with E-state index in [1.165, 1.54) is 13.0 Å². The molecular formula is C14H19FO2S. The van der Waals surface area contributed by atoms with Crippen LogP contribution in [0.2, 0.25) is 0 Å². The highest BCUT2D eigenvalue weighted by molar-refractivity contribution is 7.98. The Bertz CT molecular complexity index is 432. The molecule has 0 spiro atoms. The van der Waals surface area contributed by atoms with Crippen LogP contribution >= 0.6 is 11.8 Å². The third kappa shape index (κ3) is 4.02. The Labute approximate surface area is 112 Å². The number of halogens is 1. The van der Waals surface area contributed by atoms with Crippen LogP contribution in [0.3, 0.4) is 0 Å². The average molecular weight is 270 g/mol. The number of Topliss-reactive ketones (excluding diaryl/α,β-unsaturated/α-hetero) is 1. The molecule has 0 aliphatic rings. The molecule has 2 nitrogen and oxygen atoms in total. The summed E-state index contributed by atoms with van der Waals surface area (Å²) in [6.07, 6.45) is 1.10. The van der Waals surface area contributed by atoms with Crippen molar-refractivity contribution in [3.05, 3.63) is 29.1 Å². The van der Waals surface area contributed by atoms with E-state index in [4.69, 9.17) is 0 Å². The highest BCUT2D eigenvalue weighted by Crippen LogP contribution is 2.29. The number of carbonyl (C=O) groups is 1. The van der Waals surface area contributed by atoms with Crippen molar-refractivity contribution in [3.63, 3.8) is 0 Å². The molecule has 100 valence electrons. The van der Waals surface area contributed by atoms with Gasteiger partial charge in [-0.2, -0.15) is 11.8 Å². The SMILES string of the molecule is CCC(C)CSCc1cc(F)cc(C(C)=O)c1O. The summed E-state index contributed by atoms with van der Waals surface area (Å²) in [7, 11) is 0. The fourth-order valence-electron chi connectivity index (χ4n) is 1.52. The molecule has 0 fully saturated rings. The van der Waals surface area contributed by atoms with Crippen LogP contribution in [0.5, 0.6) is 5.75 Å². The molecule has 1 N–H and O–H groups in total. The van der Waals surface area contributed by atoms with E-state index >= 15 is 0 Å². The van der Waals surface area contributed by atoms with E-state index in [-0.39, 0.29) is 17.1 Å². The fraction of sp³-hybridized carbons (Fsp3) is 0.500. The number of phenolic OH excluding ortho intramolecular Hbond substituents is 1. The van der Waals surface area contributed by atoms with Gasteiger partial charge in [0.25, 0.3) is 0 Å². The Hall–Kier alpha value is -1.03. The van der Waals surface area contributed by atoms with Gasteiger partial charge in [-0.15, -0.1) is 0 Å². The third-order valence-corrected chi connectivity index (χ3v) is 4.21. The lowest BCUT2D eigenvalue weighted by Gasteiger charge is -2.10. The van der Waals surface area contributed by atoms with Gasteiger partial charge in [-0.25, -0.2) is 4.39 Å². The van der Waals surface area contributed by atoms with Gasteiger partial charge in [0, 0.05) is 11.3 Å². The third-order valence-electron chi connectivity index (χ3n) is 2.89. The van der Waals surface area contributed by atoms with Crippen molar-refractivity contribution < 1.29 is 14.3 Å². The summed E-state index contributed by atoms with van der Waals surface area (Å²) in [5.41, 5.74) is 0.558. The number of rotatable bonds is 6. The van der Waals surface area contributed by atoms with Crippen LogP contribution in [0.25, 0.3) is 0 Å². The van der Waals surface area contributed by atoms with Crippen molar-refractivity contribution >= 4 is 17.5 Å². The summed E-state index contributed by atoms with van der Waals surface area (Å²) >= 11 is 1.64. The van der Waals surface area contributed by atoms with E-state index in [0.717, 1.165) is 18.2 Å². The maximum absolute atomic E-state index is 13.3. The summed E-state index contributed by atoms with van der Waals surface area (Å²) < 4.78 is 13.3. The predicted octanol–water partition coefficient (Wildman–Crippen LogP) is 4.01. The molecule has 0 saturated carbocycles. The van der Waals surface area contributed by atoms with E-state index in [0.29, 0.717) is 17.2 Å². The zero-order chi connectivity index (χ0) is 13.7. The van der Waals surface area contributed by atoms with Gasteiger partial charge < -0.3 is 5.11 Å². The average Bonchev–Trinajstić information content (AvgIpc) is 2.32. The number of thioether (sulfide) groups is 1. The van der Waals surface area contributed by atoms with Crippen LogP contribution in [0, 0.1) is 11.7 Å². The standard InChI is InChI=1S/C14H19FO2S/c1-4-9(2)7-18-8-11-5-12(15)6-13(10(3)16)14(11)17/h5-6,9,17H,4,7-8H2,1-3H3. The molecule has 0 saturated heterocycles. The lowest BCUT2D eigenvalue weighted by atomic mass is 10.1. The summed E-state index contributed by atoms with van der Waals surface area (Å²) in [5, 5.41) is 9.91. The Kier molecular flexibility index (Phi) is 5.66. The minimum absolute atomic E-state index is 0.0640. The minimum atomic E-state index is -0.475. The van der Waals surface area contributed by atoms with E-state index in [9.17, 15) is 14.3 Å². The van der Waals surface area contributed by atoms with E-state index in [1.54, 1.807) is 11.8 Å². The van der Waals surface area contributed by atoms with Gasteiger partial charge >= 0.3 is 0 Å². The number of aromatic hydroxyl groups is 1. The maximum Gasteiger partial charge on any atom is 0.163 e. The second-order valence-electron chi connectivity index (χ2n) is 4.55. The van der Waals surface area contributed by atoms with Crippen molar-refractivity contribution in [2.75, 3.05) is 5.75 Å². The highest BCUT2D eigenvalue weighted by atomic mass is 32.2. The molecule has 1 rings (SSSR count). The fourth-order valence-corrected chi connectivity index (χ4v) is 2.72. The molecular weight excluding hydrogens is 251 g/mol. The highest BCUT2D eigenvalue weighted by Gasteiger charge is 2.13. The van der Waals surface area contributed by atoms with Gasteiger partial charge in [-0.1, -0.05) is 20.3 Å². The second kappa shape index (κ2) is 6.78. The van der Waals surface area contributed by atoms with Crippen molar-refractivity contribution in [1.29, 1.82) is 0 Å². The number of benzene rings is 1. The molecule has 0 heterocycles. The molecule has 0 amide bonds. The number of phenols is 1. The van der Waals surface area contributed by atoms with Crippen molar-refractivity contribution in [3.8, 4) is 5.75 Å². The van der Waals surface area contributed by atoms with E-state index < -0.39 is 5.82 Å². The smallest absolute Gasteiger partial charge is 0.163 e. The Morgan fingerprint density at radius 2 is 2.17 bits per heavy atom. The lowest BCUT2D eigenvalue weighted by molar-refractivity contribution is 0.101. The van der Waals surface area contributed by atoms with Gasteiger partial charge in [-0.05, 0) is 30.7 Å². The molecule has 0 bridgehead atoms. The predicted molar refractivity (Wildman–Crippen MR) is 73.7 cm³/mol. The van der Waals surface area contributed by atoms with Gasteiger partial charge in [-0.3, -0.25) is 4.79 Å². The van der Waals surface area contributed by atoms with Crippen LogP contribution in [0.1, 0.15) is 43.1 Å². The molecule has 0 aromatic heterocycles. The largest absolute Gasteiger partial charge is 0.507 e. The van der Waals surface area contributed by atoms with Crippen LogP contribution < -0.4 is 0 Å². The number of hydrogen-bond donors (Lipinski definition) is 1. The van der Waals surface area contributed by atoms with Crippen molar-refractivity contribution in [2.24, 2.45) is 5.92 Å². The first kappa shape index (κ1) is 15.0. The molecule has 1 unspecified atom stereocenters. The molecule has 1 aromatic carbocycles. The Morgan fingerprint density at radius 1 is 1.50 bits per heavy atom. The van der Waals surface area contributed by atoms with Crippen LogP contribution in [-0.4, -0.2) is 16.6 Å². The quantitative estimate of drug-likeness (QED) is 0.793. The number of ketones is 1. The summed E-state index contributed by atoms with van der Waals surface area (Å²) in [6.45, 7) is 5.60. The zero-order valence-corrected chi connectivity index (χ0v) is 11.8. The first-order valence-electron chi connectivity index (χ1n) is 6.05. The van der Waals surface area contributed by atoms with Crippen molar-refractivity contribution in [1.82, 2.24) is 0 Å². The van der Waals surface area contributed by atoms with Crippen molar-refractivity contribution in [2.45, 2.75) is 32.9 Å².